The largest absolute Gasteiger partial charge is 0.378 e. The zero-order valence-corrected chi connectivity index (χ0v) is 26.2. The Bertz CT molecular complexity index is 918. The van der Waals surface area contributed by atoms with Crippen molar-refractivity contribution >= 4 is 28.9 Å². The fourth-order valence-electron chi connectivity index (χ4n) is 4.80. The number of amides is 1. The number of nitrogens with one attached hydrogen (secondary N) is 1. The van der Waals surface area contributed by atoms with Crippen molar-refractivity contribution in [2.24, 2.45) is 10.9 Å². The number of Topliss-reactive ketones (excluding diaryl/α,β-unsaturated/α-hetero) is 2. The molecular formula is C33H56N4O4. The van der Waals surface area contributed by atoms with Crippen molar-refractivity contribution in [1.29, 1.82) is 0 Å². The Labute approximate surface area is 248 Å². The highest BCUT2D eigenvalue weighted by molar-refractivity contribution is 6.65. The van der Waals surface area contributed by atoms with Crippen LogP contribution in [-0.4, -0.2) is 47.4 Å². The number of unbranched alkanes of at least 4 members (excludes halogenated alkanes) is 11. The van der Waals surface area contributed by atoms with Gasteiger partial charge >= 0.3 is 0 Å². The lowest BCUT2D eigenvalue weighted by atomic mass is 10.0. The monoisotopic (exact) mass is 572 g/mol. The summed E-state index contributed by atoms with van der Waals surface area (Å²) in [6.45, 7) is 7.95. The number of ether oxygens (including phenoxy) is 1. The number of hydrogen-bond acceptors (Lipinski definition) is 7. The number of hydrogen-bond donors (Lipinski definition) is 2. The predicted molar refractivity (Wildman–Crippen MR) is 169 cm³/mol. The molecule has 1 atom stereocenters. The summed E-state index contributed by atoms with van der Waals surface area (Å²) in [5.74, 6) is 4.69. The van der Waals surface area contributed by atoms with Gasteiger partial charge in [0.1, 0.15) is 0 Å². The number of nitrogens with zero attached hydrogens (tertiary/aromatic N) is 2. The average Bonchev–Trinajstić information content (AvgIpc) is 2.95. The van der Waals surface area contributed by atoms with Crippen molar-refractivity contribution in [1.82, 2.24) is 5.01 Å². The zero-order valence-electron chi connectivity index (χ0n) is 26.2. The highest BCUT2D eigenvalue weighted by Crippen LogP contribution is 2.18. The van der Waals surface area contributed by atoms with E-state index < -0.39 is 11.7 Å². The quantitative estimate of drug-likeness (QED) is 0.0237. The topological polar surface area (TPSA) is 114 Å². The molecule has 0 aliphatic carbocycles. The van der Waals surface area contributed by atoms with E-state index in [2.05, 4.69) is 24.4 Å². The number of benzene rings is 1. The third-order valence-corrected chi connectivity index (χ3v) is 7.30. The molecule has 0 fully saturated rings. The van der Waals surface area contributed by atoms with Crippen LogP contribution in [0.25, 0.3) is 0 Å². The van der Waals surface area contributed by atoms with Crippen LogP contribution in [0.2, 0.25) is 0 Å². The summed E-state index contributed by atoms with van der Waals surface area (Å²) in [4.78, 5) is 36.9. The lowest BCUT2D eigenvalue weighted by Gasteiger charge is -2.20. The van der Waals surface area contributed by atoms with Gasteiger partial charge in [-0.3, -0.25) is 24.8 Å². The van der Waals surface area contributed by atoms with Crippen LogP contribution in [0, 0.1) is 0 Å². The van der Waals surface area contributed by atoms with Gasteiger partial charge in [-0.1, -0.05) is 109 Å². The van der Waals surface area contributed by atoms with Gasteiger partial charge in [-0.2, -0.15) is 5.10 Å². The SMILES string of the molecule is CCCCCCCCCC(CCCCCCCC)OCCCN(N)C(=O)/C(=N\Nc1ccccc1C(C)=O)C(C)=O. The number of carbonyl (C=O) groups is 3. The smallest absolute Gasteiger partial charge is 0.291 e. The molecule has 1 aromatic carbocycles. The molecule has 0 aliphatic heterocycles. The first-order chi connectivity index (χ1) is 19.8. The van der Waals surface area contributed by atoms with Gasteiger partial charge in [0.25, 0.3) is 5.91 Å². The summed E-state index contributed by atoms with van der Waals surface area (Å²) in [6.07, 6.45) is 19.5. The van der Waals surface area contributed by atoms with Crippen LogP contribution in [-0.2, 0) is 14.3 Å². The summed E-state index contributed by atoms with van der Waals surface area (Å²) in [5, 5.41) is 5.02. The van der Waals surface area contributed by atoms with E-state index in [1.54, 1.807) is 24.3 Å². The van der Waals surface area contributed by atoms with Crippen LogP contribution in [0.4, 0.5) is 5.69 Å². The van der Waals surface area contributed by atoms with Gasteiger partial charge in [-0.05, 0) is 38.3 Å². The van der Waals surface area contributed by atoms with E-state index in [0.717, 1.165) is 17.9 Å². The molecule has 0 saturated heterocycles. The second-order valence-corrected chi connectivity index (χ2v) is 11.0. The maximum absolute atomic E-state index is 12.9. The van der Waals surface area contributed by atoms with E-state index in [0.29, 0.717) is 24.3 Å². The molecule has 0 aromatic heterocycles. The summed E-state index contributed by atoms with van der Waals surface area (Å²) < 4.78 is 6.26. The highest BCUT2D eigenvalue weighted by atomic mass is 16.5. The number of para-hydroxylation sites is 1. The van der Waals surface area contributed by atoms with Gasteiger partial charge < -0.3 is 4.74 Å². The molecule has 0 bridgehead atoms. The molecule has 0 saturated carbocycles. The van der Waals surface area contributed by atoms with Crippen LogP contribution >= 0.6 is 0 Å². The lowest BCUT2D eigenvalue weighted by molar-refractivity contribution is -0.125. The van der Waals surface area contributed by atoms with E-state index in [1.807, 2.05) is 0 Å². The number of hydrazine groups is 1. The maximum Gasteiger partial charge on any atom is 0.291 e. The third-order valence-electron chi connectivity index (χ3n) is 7.30. The van der Waals surface area contributed by atoms with E-state index in [-0.39, 0.29) is 24.1 Å². The van der Waals surface area contributed by atoms with Gasteiger partial charge in [-0.25, -0.2) is 5.84 Å². The fraction of sp³-hybridized carbons (Fsp3) is 0.697. The third kappa shape index (κ3) is 16.5. The number of nitrogens with two attached hydrogens (primary N) is 1. The molecule has 1 unspecified atom stereocenters. The molecule has 0 radical (unpaired) electrons. The molecule has 41 heavy (non-hydrogen) atoms. The first kappa shape index (κ1) is 36.4. The summed E-state index contributed by atoms with van der Waals surface area (Å²) >= 11 is 0. The molecule has 8 nitrogen and oxygen atoms in total. The Balaban J connectivity index is 2.56. The number of rotatable bonds is 25. The van der Waals surface area contributed by atoms with Crippen molar-refractivity contribution in [2.45, 2.75) is 137 Å². The van der Waals surface area contributed by atoms with Gasteiger partial charge in [0.05, 0.1) is 11.8 Å². The number of carbonyl (C=O) groups excluding carboxylic acids is 3. The fourth-order valence-corrected chi connectivity index (χ4v) is 4.80. The normalized spacial score (nSPS) is 12.3. The van der Waals surface area contributed by atoms with Gasteiger partial charge in [0, 0.05) is 25.6 Å². The number of anilines is 1. The van der Waals surface area contributed by atoms with Crippen LogP contribution < -0.4 is 11.3 Å². The molecule has 3 N–H and O–H groups in total. The zero-order chi connectivity index (χ0) is 30.3. The predicted octanol–water partition coefficient (Wildman–Crippen LogP) is 7.62. The maximum atomic E-state index is 12.9. The van der Waals surface area contributed by atoms with E-state index >= 15 is 0 Å². The minimum absolute atomic E-state index is 0.152. The van der Waals surface area contributed by atoms with Gasteiger partial charge in [-0.15, -0.1) is 0 Å². The molecule has 0 heterocycles. The molecule has 1 rings (SSSR count). The Morgan fingerprint density at radius 2 is 1.37 bits per heavy atom. The Morgan fingerprint density at radius 3 is 1.90 bits per heavy atom. The second-order valence-electron chi connectivity index (χ2n) is 11.0. The number of ketones is 2. The first-order valence-electron chi connectivity index (χ1n) is 15.9. The van der Waals surface area contributed by atoms with Crippen molar-refractivity contribution in [3.63, 3.8) is 0 Å². The van der Waals surface area contributed by atoms with Crippen molar-refractivity contribution in [3.05, 3.63) is 29.8 Å². The average molecular weight is 573 g/mol. The standard InChI is InChI=1S/C33H56N4O4/c1-5-7-9-11-13-15-17-22-29(21-16-14-12-10-8-6-2)41-26-20-25-37(34)33(40)32(28(4)39)36-35-31-24-19-18-23-30(31)27(3)38/h18-19,23-24,29,35H,5-17,20-22,25-26,34H2,1-4H3/b36-32-. The summed E-state index contributed by atoms with van der Waals surface area (Å²) in [6, 6.07) is 6.79. The van der Waals surface area contributed by atoms with Crippen LogP contribution in [0.3, 0.4) is 0 Å². The summed E-state index contributed by atoms with van der Waals surface area (Å²) in [5.41, 5.74) is 3.21. The molecule has 232 valence electrons. The summed E-state index contributed by atoms with van der Waals surface area (Å²) in [7, 11) is 0. The number of hydrazone groups is 1. The molecular weight excluding hydrogens is 516 g/mol. The first-order valence-corrected chi connectivity index (χ1v) is 15.9. The van der Waals surface area contributed by atoms with E-state index in [1.165, 1.54) is 97.3 Å². The molecule has 8 heteroatoms. The minimum Gasteiger partial charge on any atom is -0.378 e. The molecule has 1 amide bonds. The van der Waals surface area contributed by atoms with Gasteiger partial charge in [0.15, 0.2) is 17.3 Å². The van der Waals surface area contributed by atoms with E-state index in [4.69, 9.17) is 10.6 Å². The van der Waals surface area contributed by atoms with Crippen molar-refractivity contribution < 1.29 is 19.1 Å². The Hall–Kier alpha value is -2.58. The van der Waals surface area contributed by atoms with E-state index in [9.17, 15) is 14.4 Å². The van der Waals surface area contributed by atoms with Crippen LogP contribution in [0.15, 0.2) is 29.4 Å². The van der Waals surface area contributed by atoms with Crippen LogP contribution in [0.1, 0.15) is 141 Å². The Kier molecular flexibility index (Phi) is 20.5. The van der Waals surface area contributed by atoms with Crippen molar-refractivity contribution in [3.8, 4) is 0 Å². The molecule has 0 aliphatic rings. The van der Waals surface area contributed by atoms with Gasteiger partial charge in [0.2, 0.25) is 0 Å². The molecule has 0 spiro atoms. The minimum atomic E-state index is -0.669. The van der Waals surface area contributed by atoms with Crippen molar-refractivity contribution in [2.75, 3.05) is 18.6 Å². The molecule has 1 aromatic rings. The lowest BCUT2D eigenvalue weighted by Crippen LogP contribution is -2.45. The van der Waals surface area contributed by atoms with Crippen LogP contribution in [0.5, 0.6) is 0 Å². The highest BCUT2D eigenvalue weighted by Gasteiger charge is 2.22. The second kappa shape index (κ2) is 23.0. The Morgan fingerprint density at radius 1 is 0.829 bits per heavy atom.